The maximum atomic E-state index is 13.7. The molecule has 0 aliphatic carbocycles. The third-order valence-corrected chi connectivity index (χ3v) is 3.52. The van der Waals surface area contributed by atoms with Crippen LogP contribution in [0.4, 0.5) is 17.6 Å². The molecule has 1 atom stereocenters. The Morgan fingerprint density at radius 3 is 2.48 bits per heavy atom. The number of aromatic nitrogens is 4. The van der Waals surface area contributed by atoms with Gasteiger partial charge in [-0.15, -0.1) is 0 Å². The number of hydrogen-bond acceptors (Lipinski definition) is 4. The van der Waals surface area contributed by atoms with Crippen molar-refractivity contribution in [2.75, 3.05) is 0 Å². The molecule has 11 heteroatoms. The van der Waals surface area contributed by atoms with Gasteiger partial charge in [-0.25, -0.2) is 10.1 Å². The highest BCUT2D eigenvalue weighted by molar-refractivity contribution is 5.84. The molecule has 0 fully saturated rings. The van der Waals surface area contributed by atoms with Gasteiger partial charge in [-0.1, -0.05) is 0 Å². The fourth-order valence-corrected chi connectivity index (χ4v) is 2.18. The predicted octanol–water partition coefficient (Wildman–Crippen LogP) is 2.10. The minimum Gasteiger partial charge on any atom is -0.271 e. The van der Waals surface area contributed by atoms with Crippen molar-refractivity contribution in [2.45, 2.75) is 33.0 Å². The first kappa shape index (κ1) is 18.6. The summed E-state index contributed by atoms with van der Waals surface area (Å²) in [6, 6.07) is -0.186. The molecule has 7 nitrogen and oxygen atoms in total. The summed E-state index contributed by atoms with van der Waals surface area (Å²) in [6.07, 6.45) is -3.51. The van der Waals surface area contributed by atoms with Gasteiger partial charge < -0.3 is 0 Å². The average Bonchev–Trinajstić information content (AvgIpc) is 3.01. The Hall–Kier alpha value is -2.72. The fourth-order valence-electron chi connectivity index (χ4n) is 2.18. The lowest BCUT2D eigenvalue weighted by atomic mass is 10.3. The molecule has 2 rings (SSSR count). The van der Waals surface area contributed by atoms with E-state index in [1.807, 2.05) is 0 Å². The molecule has 0 saturated heterocycles. The number of nitrogens with zero attached hydrogens (tertiary/aromatic N) is 5. The molecule has 2 heterocycles. The van der Waals surface area contributed by atoms with Crippen LogP contribution in [-0.2, 0) is 18.0 Å². The van der Waals surface area contributed by atoms with Gasteiger partial charge in [-0.2, -0.15) is 32.9 Å². The second-order valence-electron chi connectivity index (χ2n) is 5.44. The third kappa shape index (κ3) is 3.86. The summed E-state index contributed by atoms with van der Waals surface area (Å²) < 4.78 is 53.7. The van der Waals surface area contributed by atoms with E-state index in [1.54, 1.807) is 6.92 Å². The van der Waals surface area contributed by atoms with Gasteiger partial charge in [0, 0.05) is 12.7 Å². The summed E-state index contributed by atoms with van der Waals surface area (Å²) in [5, 5.41) is 10.9. The second-order valence-corrected chi connectivity index (χ2v) is 5.44. The molecule has 1 unspecified atom stereocenters. The van der Waals surface area contributed by atoms with Crippen LogP contribution >= 0.6 is 0 Å². The summed E-state index contributed by atoms with van der Waals surface area (Å²) in [6.45, 7) is 4.35. The van der Waals surface area contributed by atoms with Crippen LogP contribution in [0, 0.1) is 19.8 Å². The highest BCUT2D eigenvalue weighted by Crippen LogP contribution is 2.29. The Morgan fingerprint density at radius 1 is 1.36 bits per heavy atom. The first-order valence-electron chi connectivity index (χ1n) is 7.17. The smallest absolute Gasteiger partial charge is 0.271 e. The highest BCUT2D eigenvalue weighted by Gasteiger charge is 2.35. The lowest BCUT2D eigenvalue weighted by Crippen LogP contribution is -2.29. The van der Waals surface area contributed by atoms with E-state index in [4.69, 9.17) is 0 Å². The van der Waals surface area contributed by atoms with Crippen LogP contribution in [0.15, 0.2) is 11.2 Å². The summed E-state index contributed by atoms with van der Waals surface area (Å²) in [5.74, 6) is -1.32. The number of alkyl halides is 3. The van der Waals surface area contributed by atoms with Gasteiger partial charge in [-0.05, 0) is 26.8 Å². The van der Waals surface area contributed by atoms with Crippen molar-refractivity contribution in [2.24, 2.45) is 12.1 Å². The van der Waals surface area contributed by atoms with Crippen molar-refractivity contribution < 1.29 is 22.4 Å². The Labute approximate surface area is 140 Å². The third-order valence-electron chi connectivity index (χ3n) is 3.52. The molecule has 1 N–H and O–H groups in total. The van der Waals surface area contributed by atoms with Crippen molar-refractivity contribution in [1.82, 2.24) is 25.0 Å². The van der Waals surface area contributed by atoms with Crippen LogP contribution in [0.1, 0.15) is 35.6 Å². The zero-order valence-electron chi connectivity index (χ0n) is 13.9. The Kier molecular flexibility index (Phi) is 4.95. The first-order chi connectivity index (χ1) is 11.5. The largest absolute Gasteiger partial charge is 0.435 e. The SMILES string of the molecule is Cc1nn(C)c(F)c1/C=N/NC(=O)C(C)n1nc(C(F)(F)F)cc1C. The first-order valence-corrected chi connectivity index (χ1v) is 7.17. The molecule has 0 radical (unpaired) electrons. The minimum absolute atomic E-state index is 0.102. The molecule has 0 aliphatic rings. The van der Waals surface area contributed by atoms with Crippen molar-refractivity contribution in [3.05, 3.63) is 34.7 Å². The minimum atomic E-state index is -4.60. The van der Waals surface area contributed by atoms with Crippen molar-refractivity contribution in [3.8, 4) is 0 Å². The van der Waals surface area contributed by atoms with E-state index in [-0.39, 0.29) is 11.3 Å². The lowest BCUT2D eigenvalue weighted by Gasteiger charge is -2.12. The molecule has 1 amide bonds. The topological polar surface area (TPSA) is 77.1 Å². The Balaban J connectivity index is 2.11. The molecule has 2 aromatic rings. The Morgan fingerprint density at radius 2 is 2.00 bits per heavy atom. The van der Waals surface area contributed by atoms with Crippen molar-refractivity contribution >= 4 is 12.1 Å². The van der Waals surface area contributed by atoms with Gasteiger partial charge in [0.05, 0.1) is 17.5 Å². The summed E-state index contributed by atoms with van der Waals surface area (Å²) in [5.41, 5.74) is 1.73. The van der Waals surface area contributed by atoms with Crippen LogP contribution in [0.25, 0.3) is 0 Å². The quantitative estimate of drug-likeness (QED) is 0.515. The van der Waals surface area contributed by atoms with Gasteiger partial charge in [0.25, 0.3) is 5.91 Å². The number of nitrogens with one attached hydrogen (secondary N) is 1. The number of hydrazone groups is 1. The molecule has 0 aliphatic heterocycles. The van der Waals surface area contributed by atoms with Crippen molar-refractivity contribution in [1.29, 1.82) is 0 Å². The number of hydrogen-bond donors (Lipinski definition) is 1. The van der Waals surface area contributed by atoms with Gasteiger partial charge in [-0.3, -0.25) is 9.48 Å². The summed E-state index contributed by atoms with van der Waals surface area (Å²) in [4.78, 5) is 12.0. The molecule has 25 heavy (non-hydrogen) atoms. The van der Waals surface area contributed by atoms with E-state index in [0.717, 1.165) is 21.6 Å². The fraction of sp³-hybridized carbons (Fsp3) is 0.429. The Bertz CT molecular complexity index is 820. The highest BCUT2D eigenvalue weighted by atomic mass is 19.4. The standard InChI is InChI=1S/C14H16F4N6O/c1-7-5-11(14(16,17)18)22-24(7)9(3)13(25)20-19-6-10-8(2)21-23(4)12(10)15/h5-6,9H,1-4H3,(H,20,25)/b19-6+. The second kappa shape index (κ2) is 6.65. The number of halogens is 4. The molecular formula is C14H16F4N6O. The number of aryl methyl sites for hydroxylation is 3. The van der Waals surface area contributed by atoms with E-state index in [0.29, 0.717) is 5.69 Å². The molecule has 0 aromatic carbocycles. The van der Waals surface area contributed by atoms with Crippen LogP contribution in [0.5, 0.6) is 0 Å². The van der Waals surface area contributed by atoms with Gasteiger partial charge in [0.1, 0.15) is 6.04 Å². The van der Waals surface area contributed by atoms with Gasteiger partial charge in [0.2, 0.25) is 5.95 Å². The zero-order chi connectivity index (χ0) is 18.9. The average molecular weight is 360 g/mol. The number of rotatable bonds is 4. The molecule has 0 bridgehead atoms. The zero-order valence-corrected chi connectivity index (χ0v) is 13.9. The molecule has 136 valence electrons. The monoisotopic (exact) mass is 360 g/mol. The van der Waals surface area contributed by atoms with Crippen LogP contribution in [-0.4, -0.2) is 31.7 Å². The molecule has 0 spiro atoms. The predicted molar refractivity (Wildman–Crippen MR) is 80.3 cm³/mol. The summed E-state index contributed by atoms with van der Waals surface area (Å²) >= 11 is 0. The van der Waals surface area contributed by atoms with E-state index in [1.165, 1.54) is 20.9 Å². The number of carbonyl (C=O) groups excluding carboxylic acids is 1. The molecule has 0 saturated carbocycles. The molecule has 2 aromatic heterocycles. The van der Waals surface area contributed by atoms with Crippen LogP contribution < -0.4 is 5.43 Å². The van der Waals surface area contributed by atoms with E-state index >= 15 is 0 Å². The van der Waals surface area contributed by atoms with E-state index in [2.05, 4.69) is 20.7 Å². The van der Waals surface area contributed by atoms with E-state index < -0.39 is 29.8 Å². The van der Waals surface area contributed by atoms with E-state index in [9.17, 15) is 22.4 Å². The lowest BCUT2D eigenvalue weighted by molar-refractivity contribution is -0.142. The van der Waals surface area contributed by atoms with Crippen molar-refractivity contribution in [3.63, 3.8) is 0 Å². The summed E-state index contributed by atoms with van der Waals surface area (Å²) in [7, 11) is 1.42. The maximum absolute atomic E-state index is 13.7. The van der Waals surface area contributed by atoms with Gasteiger partial charge >= 0.3 is 6.18 Å². The normalized spacial score (nSPS) is 13.4. The molecular weight excluding hydrogens is 344 g/mol. The van der Waals surface area contributed by atoms with Gasteiger partial charge in [0.15, 0.2) is 5.69 Å². The maximum Gasteiger partial charge on any atom is 0.435 e. The van der Waals surface area contributed by atoms with Crippen LogP contribution in [0.2, 0.25) is 0 Å². The van der Waals surface area contributed by atoms with Crippen LogP contribution in [0.3, 0.4) is 0 Å². The number of carbonyl (C=O) groups is 1. The number of amides is 1.